The molecule has 0 amide bonds. The number of nitrogens with one attached hydrogen (secondary N) is 1. The van der Waals surface area contributed by atoms with E-state index in [9.17, 15) is 9.18 Å². The SMILES string of the molecule is C=CCOC(=O)C1=C(C)Nc2ncnn2C1c1ccc(OCc2ccccc2F)c(OCC)c1. The largest absolute Gasteiger partial charge is 0.490 e. The van der Waals surface area contributed by atoms with Gasteiger partial charge in [-0.2, -0.15) is 10.1 Å². The van der Waals surface area contributed by atoms with Gasteiger partial charge in [-0.1, -0.05) is 36.9 Å². The second-order valence-electron chi connectivity index (χ2n) is 7.50. The molecule has 2 aromatic carbocycles. The van der Waals surface area contributed by atoms with Crippen LogP contribution in [0.2, 0.25) is 0 Å². The van der Waals surface area contributed by atoms with Crippen LogP contribution in [0, 0.1) is 5.82 Å². The zero-order valence-corrected chi connectivity index (χ0v) is 19.0. The van der Waals surface area contributed by atoms with Gasteiger partial charge >= 0.3 is 5.97 Å². The van der Waals surface area contributed by atoms with Crippen molar-refractivity contribution in [3.05, 3.63) is 89.7 Å². The number of ether oxygens (including phenoxy) is 3. The van der Waals surface area contributed by atoms with E-state index in [4.69, 9.17) is 14.2 Å². The number of carbonyl (C=O) groups excluding carboxylic acids is 1. The van der Waals surface area contributed by atoms with Crippen LogP contribution in [0.1, 0.15) is 31.0 Å². The lowest BCUT2D eigenvalue weighted by atomic mass is 9.95. The van der Waals surface area contributed by atoms with Crippen LogP contribution < -0.4 is 14.8 Å². The van der Waals surface area contributed by atoms with Crippen LogP contribution in [0.3, 0.4) is 0 Å². The number of nitrogens with zero attached hydrogens (tertiary/aromatic N) is 3. The minimum atomic E-state index is -0.601. The van der Waals surface area contributed by atoms with E-state index in [1.165, 1.54) is 18.5 Å². The number of aromatic nitrogens is 3. The van der Waals surface area contributed by atoms with Crippen molar-refractivity contribution in [3.63, 3.8) is 0 Å². The van der Waals surface area contributed by atoms with Gasteiger partial charge in [-0.05, 0) is 37.6 Å². The van der Waals surface area contributed by atoms with Crippen LogP contribution in [0.4, 0.5) is 10.3 Å². The normalized spacial score (nSPS) is 14.7. The van der Waals surface area contributed by atoms with Gasteiger partial charge in [0.15, 0.2) is 11.5 Å². The van der Waals surface area contributed by atoms with Crippen molar-refractivity contribution in [2.45, 2.75) is 26.5 Å². The molecule has 3 aromatic rings. The number of carbonyl (C=O) groups is 1. The summed E-state index contributed by atoms with van der Waals surface area (Å²) in [4.78, 5) is 17.2. The maximum absolute atomic E-state index is 14.0. The Morgan fingerprint density at radius 3 is 2.82 bits per heavy atom. The van der Waals surface area contributed by atoms with E-state index in [1.807, 2.05) is 13.0 Å². The van der Waals surface area contributed by atoms with Crippen LogP contribution in [0.5, 0.6) is 11.5 Å². The highest BCUT2D eigenvalue weighted by Gasteiger charge is 2.34. The standard InChI is InChI=1S/C25H25FN4O4/c1-4-12-33-24(31)22-16(3)29-25-27-15-28-30(25)23(22)17-10-11-20(21(13-17)32-5-2)34-14-18-8-6-7-9-19(18)26/h4,6-11,13,15,23H,1,5,12,14H2,2-3H3,(H,27,28,29). The van der Waals surface area contributed by atoms with Crippen LogP contribution >= 0.6 is 0 Å². The van der Waals surface area contributed by atoms with Gasteiger partial charge in [0, 0.05) is 11.3 Å². The summed E-state index contributed by atoms with van der Waals surface area (Å²) in [5, 5.41) is 7.41. The summed E-state index contributed by atoms with van der Waals surface area (Å²) < 4.78 is 32.7. The van der Waals surface area contributed by atoms with E-state index in [2.05, 4.69) is 22.0 Å². The Labute approximate surface area is 196 Å². The topological polar surface area (TPSA) is 87.5 Å². The van der Waals surface area contributed by atoms with E-state index < -0.39 is 12.0 Å². The van der Waals surface area contributed by atoms with E-state index >= 15 is 0 Å². The van der Waals surface area contributed by atoms with Crippen LogP contribution in [-0.2, 0) is 16.1 Å². The second-order valence-corrected chi connectivity index (χ2v) is 7.50. The Morgan fingerprint density at radius 1 is 1.24 bits per heavy atom. The number of hydrogen-bond donors (Lipinski definition) is 1. The first-order valence-corrected chi connectivity index (χ1v) is 10.8. The molecule has 1 aromatic heterocycles. The Bertz CT molecular complexity index is 1240. The monoisotopic (exact) mass is 464 g/mol. The van der Waals surface area contributed by atoms with Gasteiger partial charge in [0.05, 0.1) is 12.2 Å². The lowest BCUT2D eigenvalue weighted by molar-refractivity contribution is -0.138. The molecule has 0 saturated carbocycles. The molecule has 1 atom stereocenters. The Hall–Kier alpha value is -4.14. The maximum atomic E-state index is 14.0. The number of fused-ring (bicyclic) bond motifs is 1. The zero-order chi connectivity index (χ0) is 24.1. The first kappa shape index (κ1) is 23.0. The molecule has 0 bridgehead atoms. The molecular formula is C25H25FN4O4. The number of allylic oxidation sites excluding steroid dienone is 1. The van der Waals surface area contributed by atoms with Gasteiger partial charge in [0.1, 0.15) is 31.4 Å². The van der Waals surface area contributed by atoms with E-state index in [0.717, 1.165) is 5.56 Å². The van der Waals surface area contributed by atoms with Gasteiger partial charge in [-0.15, -0.1) is 0 Å². The minimum Gasteiger partial charge on any atom is -0.490 e. The quantitative estimate of drug-likeness (QED) is 0.371. The number of halogens is 1. The second kappa shape index (κ2) is 10.2. The van der Waals surface area contributed by atoms with Crippen LogP contribution in [-0.4, -0.2) is 33.9 Å². The zero-order valence-electron chi connectivity index (χ0n) is 19.0. The fraction of sp³-hybridized carbons (Fsp3) is 0.240. The first-order valence-electron chi connectivity index (χ1n) is 10.8. The van der Waals surface area contributed by atoms with E-state index in [1.54, 1.807) is 41.9 Å². The average Bonchev–Trinajstić information content (AvgIpc) is 3.30. The number of rotatable bonds is 9. The third-order valence-corrected chi connectivity index (χ3v) is 5.27. The predicted octanol–water partition coefficient (Wildman–Crippen LogP) is 4.41. The van der Waals surface area contributed by atoms with Crippen molar-refractivity contribution in [1.82, 2.24) is 14.8 Å². The predicted molar refractivity (Wildman–Crippen MR) is 124 cm³/mol. The molecule has 8 nitrogen and oxygen atoms in total. The smallest absolute Gasteiger partial charge is 0.338 e. The van der Waals surface area contributed by atoms with Crippen molar-refractivity contribution in [2.75, 3.05) is 18.5 Å². The van der Waals surface area contributed by atoms with Crippen LogP contribution in [0.25, 0.3) is 0 Å². The van der Waals surface area contributed by atoms with Gasteiger partial charge in [-0.25, -0.2) is 13.9 Å². The molecule has 0 spiro atoms. The summed E-state index contributed by atoms with van der Waals surface area (Å²) >= 11 is 0. The molecule has 1 N–H and O–H groups in total. The molecule has 1 unspecified atom stereocenters. The molecule has 0 radical (unpaired) electrons. The lowest BCUT2D eigenvalue weighted by Crippen LogP contribution is -2.29. The van der Waals surface area contributed by atoms with Gasteiger partial charge in [0.2, 0.25) is 5.95 Å². The summed E-state index contributed by atoms with van der Waals surface area (Å²) in [6.45, 7) is 7.76. The molecule has 1 aliphatic heterocycles. The highest BCUT2D eigenvalue weighted by Crippen LogP contribution is 2.39. The highest BCUT2D eigenvalue weighted by atomic mass is 19.1. The molecule has 0 aliphatic carbocycles. The van der Waals surface area contributed by atoms with E-state index in [0.29, 0.717) is 40.9 Å². The molecule has 176 valence electrons. The van der Waals surface area contributed by atoms with Gasteiger partial charge in [0.25, 0.3) is 0 Å². The number of anilines is 1. The molecule has 34 heavy (non-hydrogen) atoms. The first-order chi connectivity index (χ1) is 16.5. The third kappa shape index (κ3) is 4.63. The van der Waals surface area contributed by atoms with Crippen molar-refractivity contribution in [2.24, 2.45) is 0 Å². The Morgan fingerprint density at radius 2 is 2.06 bits per heavy atom. The fourth-order valence-electron chi connectivity index (χ4n) is 3.73. The number of esters is 1. The minimum absolute atomic E-state index is 0.0464. The summed E-state index contributed by atoms with van der Waals surface area (Å²) in [6, 6.07) is 11.2. The summed E-state index contributed by atoms with van der Waals surface area (Å²) in [5.74, 6) is 0.592. The van der Waals surface area contributed by atoms with Crippen LogP contribution in [0.15, 0.2) is 72.7 Å². The maximum Gasteiger partial charge on any atom is 0.338 e. The average molecular weight is 464 g/mol. The Kier molecular flexibility index (Phi) is 6.91. The van der Waals surface area contributed by atoms with Gasteiger partial charge in [-0.3, -0.25) is 0 Å². The van der Waals surface area contributed by atoms with Crippen molar-refractivity contribution in [1.29, 1.82) is 0 Å². The fourth-order valence-corrected chi connectivity index (χ4v) is 3.73. The summed E-state index contributed by atoms with van der Waals surface area (Å²) in [7, 11) is 0. The molecule has 0 saturated heterocycles. The summed E-state index contributed by atoms with van der Waals surface area (Å²) in [6.07, 6.45) is 2.92. The molecule has 2 heterocycles. The molecule has 4 rings (SSSR count). The van der Waals surface area contributed by atoms with Crippen molar-refractivity contribution in [3.8, 4) is 11.5 Å². The van der Waals surface area contributed by atoms with E-state index in [-0.39, 0.29) is 19.0 Å². The number of hydrogen-bond acceptors (Lipinski definition) is 7. The van der Waals surface area contributed by atoms with Gasteiger partial charge < -0.3 is 19.5 Å². The van der Waals surface area contributed by atoms with Crippen molar-refractivity contribution >= 4 is 11.9 Å². The lowest BCUT2D eigenvalue weighted by Gasteiger charge is -2.28. The van der Waals surface area contributed by atoms with Crippen molar-refractivity contribution < 1.29 is 23.4 Å². The summed E-state index contributed by atoms with van der Waals surface area (Å²) in [5.41, 5.74) is 2.16. The molecule has 9 heteroatoms. The highest BCUT2D eigenvalue weighted by molar-refractivity contribution is 5.92. The molecule has 1 aliphatic rings. The molecular weight excluding hydrogens is 439 g/mol. The Balaban J connectivity index is 1.70. The third-order valence-electron chi connectivity index (χ3n) is 5.27. The number of benzene rings is 2. The molecule has 0 fully saturated rings.